The largest absolute Gasteiger partial charge is 0.433 e. The number of nitro groups is 1. The third kappa shape index (κ3) is 4.70. The molecule has 28 heavy (non-hydrogen) atoms. The molecule has 0 bridgehead atoms. The maximum atomic E-state index is 12.7. The second-order valence-electron chi connectivity index (χ2n) is 5.63. The van der Waals surface area contributed by atoms with E-state index in [1.54, 1.807) is 60.7 Å². The van der Waals surface area contributed by atoms with Gasteiger partial charge in [0, 0.05) is 17.3 Å². The molecule has 0 saturated heterocycles. The Morgan fingerprint density at radius 3 is 2.18 bits per heavy atom. The molecule has 1 aromatic heterocycles. The average Bonchev–Trinajstić information content (AvgIpc) is 3.18. The Morgan fingerprint density at radius 1 is 0.929 bits per heavy atom. The van der Waals surface area contributed by atoms with Gasteiger partial charge in [0.2, 0.25) is 0 Å². The normalized spacial score (nSPS) is 10.9. The summed E-state index contributed by atoms with van der Waals surface area (Å²) in [6.45, 7) is 0. The molecule has 2 N–H and O–H groups in total. The van der Waals surface area contributed by atoms with Gasteiger partial charge in [-0.15, -0.1) is 0 Å². The van der Waals surface area contributed by atoms with Crippen molar-refractivity contribution in [2.45, 2.75) is 0 Å². The van der Waals surface area contributed by atoms with Crippen LogP contribution in [0.5, 0.6) is 0 Å². The van der Waals surface area contributed by atoms with Crippen LogP contribution >= 0.6 is 0 Å². The maximum absolute atomic E-state index is 12.7. The predicted molar refractivity (Wildman–Crippen MR) is 102 cm³/mol. The van der Waals surface area contributed by atoms with Crippen molar-refractivity contribution in [3.8, 4) is 0 Å². The molecule has 0 saturated carbocycles. The minimum absolute atomic E-state index is 0.0540. The smallest absolute Gasteiger partial charge is 0.401 e. The third-order valence-electron chi connectivity index (χ3n) is 3.64. The van der Waals surface area contributed by atoms with Crippen molar-refractivity contribution in [1.29, 1.82) is 0 Å². The van der Waals surface area contributed by atoms with E-state index in [1.165, 1.54) is 12.1 Å². The first-order valence-electron chi connectivity index (χ1n) is 8.21. The van der Waals surface area contributed by atoms with E-state index >= 15 is 0 Å². The van der Waals surface area contributed by atoms with Crippen LogP contribution in [0.3, 0.4) is 0 Å². The summed E-state index contributed by atoms with van der Waals surface area (Å²) in [7, 11) is 0. The van der Waals surface area contributed by atoms with Crippen LogP contribution in [0.15, 0.2) is 82.9 Å². The second kappa shape index (κ2) is 8.45. The predicted octanol–water partition coefficient (Wildman–Crippen LogP) is 3.60. The van der Waals surface area contributed by atoms with Crippen LogP contribution < -0.4 is 10.6 Å². The highest BCUT2D eigenvalue weighted by molar-refractivity contribution is 6.10. The highest BCUT2D eigenvalue weighted by atomic mass is 16.6. The molecule has 2 amide bonds. The summed E-state index contributed by atoms with van der Waals surface area (Å²) < 4.78 is 5.06. The molecule has 0 unspecified atom stereocenters. The lowest BCUT2D eigenvalue weighted by atomic mass is 10.2. The van der Waals surface area contributed by atoms with E-state index in [9.17, 15) is 19.7 Å². The molecule has 3 rings (SSSR count). The van der Waals surface area contributed by atoms with Crippen LogP contribution in [-0.4, -0.2) is 16.7 Å². The number of anilines is 1. The summed E-state index contributed by atoms with van der Waals surface area (Å²) in [6, 6.07) is 19.5. The van der Waals surface area contributed by atoms with E-state index in [0.29, 0.717) is 11.3 Å². The minimum Gasteiger partial charge on any atom is -0.401 e. The van der Waals surface area contributed by atoms with Crippen molar-refractivity contribution in [1.82, 2.24) is 5.32 Å². The van der Waals surface area contributed by atoms with Crippen molar-refractivity contribution in [3.05, 3.63) is 99.9 Å². The van der Waals surface area contributed by atoms with Gasteiger partial charge in [0.1, 0.15) is 16.4 Å². The summed E-state index contributed by atoms with van der Waals surface area (Å²) in [5.41, 5.74) is 0.756. The highest BCUT2D eigenvalue weighted by Gasteiger charge is 2.17. The molecule has 1 heterocycles. The number of nitrogens with zero attached hydrogens (tertiary/aromatic N) is 1. The van der Waals surface area contributed by atoms with Crippen molar-refractivity contribution in [2.75, 3.05) is 5.32 Å². The molecule has 2 aromatic carbocycles. The van der Waals surface area contributed by atoms with Gasteiger partial charge in [-0.25, -0.2) is 0 Å². The zero-order valence-electron chi connectivity index (χ0n) is 14.5. The number of benzene rings is 2. The molecular weight excluding hydrogens is 362 g/mol. The molecule has 0 aliphatic carbocycles. The number of furan rings is 1. The van der Waals surface area contributed by atoms with E-state index in [-0.39, 0.29) is 11.5 Å². The average molecular weight is 377 g/mol. The van der Waals surface area contributed by atoms with Crippen LogP contribution in [-0.2, 0) is 4.79 Å². The SMILES string of the molecule is O=C(Nc1ccccc1)/C(=C\c1ccc([N+](=O)[O-])o1)NC(=O)c1ccccc1. The number of nitrogens with one attached hydrogen (secondary N) is 2. The van der Waals surface area contributed by atoms with Crippen molar-refractivity contribution in [3.63, 3.8) is 0 Å². The minimum atomic E-state index is -0.691. The molecule has 0 spiro atoms. The number of para-hydroxylation sites is 1. The number of hydrogen-bond acceptors (Lipinski definition) is 5. The number of carbonyl (C=O) groups excluding carboxylic acids is 2. The van der Waals surface area contributed by atoms with Gasteiger partial charge >= 0.3 is 5.88 Å². The van der Waals surface area contributed by atoms with Crippen LogP contribution in [0.25, 0.3) is 6.08 Å². The summed E-state index contributed by atoms with van der Waals surface area (Å²) in [5.74, 6) is -1.52. The fourth-order valence-corrected chi connectivity index (χ4v) is 2.32. The standard InChI is InChI=1S/C20H15N3O5/c24-19(14-7-3-1-4-8-14)22-17(13-16-11-12-18(28-16)23(26)27)20(25)21-15-9-5-2-6-10-15/h1-13H,(H,21,25)(H,22,24)/b17-13+. The van der Waals surface area contributed by atoms with E-state index in [4.69, 9.17) is 4.42 Å². The van der Waals surface area contributed by atoms with Gasteiger partial charge in [0.05, 0.1) is 6.07 Å². The lowest BCUT2D eigenvalue weighted by Gasteiger charge is -2.10. The molecule has 0 aliphatic heterocycles. The Kier molecular flexibility index (Phi) is 5.61. The fraction of sp³-hybridized carbons (Fsp3) is 0. The lowest BCUT2D eigenvalue weighted by molar-refractivity contribution is -0.402. The first-order chi connectivity index (χ1) is 13.5. The summed E-state index contributed by atoms with van der Waals surface area (Å²) in [6.07, 6.45) is 1.23. The Balaban J connectivity index is 1.88. The van der Waals surface area contributed by atoms with E-state index in [2.05, 4.69) is 10.6 Å². The molecule has 8 heteroatoms. The van der Waals surface area contributed by atoms with Crippen LogP contribution in [0.4, 0.5) is 11.6 Å². The molecule has 8 nitrogen and oxygen atoms in total. The number of hydrogen-bond donors (Lipinski definition) is 2. The van der Waals surface area contributed by atoms with Crippen LogP contribution in [0, 0.1) is 10.1 Å². The highest BCUT2D eigenvalue weighted by Crippen LogP contribution is 2.18. The van der Waals surface area contributed by atoms with Gasteiger partial charge in [-0.05, 0) is 30.3 Å². The van der Waals surface area contributed by atoms with Gasteiger partial charge in [-0.2, -0.15) is 0 Å². The molecule has 0 aliphatic rings. The van der Waals surface area contributed by atoms with Gasteiger partial charge < -0.3 is 15.1 Å². The van der Waals surface area contributed by atoms with E-state index < -0.39 is 22.6 Å². The third-order valence-corrected chi connectivity index (χ3v) is 3.64. The summed E-state index contributed by atoms with van der Waals surface area (Å²) in [4.78, 5) is 35.2. The molecular formula is C20H15N3O5. The van der Waals surface area contributed by atoms with Gasteiger partial charge in [-0.1, -0.05) is 36.4 Å². The van der Waals surface area contributed by atoms with Gasteiger partial charge in [-0.3, -0.25) is 19.7 Å². The Bertz CT molecular complexity index is 1030. The lowest BCUT2D eigenvalue weighted by Crippen LogP contribution is -2.30. The summed E-state index contributed by atoms with van der Waals surface area (Å²) in [5, 5.41) is 16.0. The Morgan fingerprint density at radius 2 is 1.57 bits per heavy atom. The van der Waals surface area contributed by atoms with Gasteiger partial charge in [0.15, 0.2) is 0 Å². The fourth-order valence-electron chi connectivity index (χ4n) is 2.32. The summed E-state index contributed by atoms with van der Waals surface area (Å²) >= 11 is 0. The molecule has 140 valence electrons. The van der Waals surface area contributed by atoms with Crippen LogP contribution in [0.2, 0.25) is 0 Å². The van der Waals surface area contributed by atoms with E-state index in [1.807, 2.05) is 0 Å². The zero-order chi connectivity index (χ0) is 19.9. The van der Waals surface area contributed by atoms with Crippen molar-refractivity contribution < 1.29 is 18.9 Å². The Hall–Kier alpha value is -4.20. The number of amides is 2. The number of carbonyl (C=O) groups is 2. The first kappa shape index (κ1) is 18.6. The van der Waals surface area contributed by atoms with Gasteiger partial charge in [0.25, 0.3) is 11.8 Å². The maximum Gasteiger partial charge on any atom is 0.433 e. The zero-order valence-corrected chi connectivity index (χ0v) is 14.5. The monoisotopic (exact) mass is 377 g/mol. The van der Waals surface area contributed by atoms with Crippen molar-refractivity contribution in [2.24, 2.45) is 0 Å². The topological polar surface area (TPSA) is 114 Å². The first-order valence-corrected chi connectivity index (χ1v) is 8.21. The van der Waals surface area contributed by atoms with Crippen molar-refractivity contribution >= 4 is 29.5 Å². The molecule has 3 aromatic rings. The van der Waals surface area contributed by atoms with Crippen LogP contribution in [0.1, 0.15) is 16.1 Å². The molecule has 0 radical (unpaired) electrons. The Labute approximate surface area is 159 Å². The molecule has 0 fully saturated rings. The molecule has 0 atom stereocenters. The van der Waals surface area contributed by atoms with E-state index in [0.717, 1.165) is 6.07 Å². The second-order valence-corrected chi connectivity index (χ2v) is 5.63. The number of rotatable bonds is 6. The quantitative estimate of drug-likeness (QED) is 0.387.